The van der Waals surface area contributed by atoms with Crippen LogP contribution in [0.1, 0.15) is 25.3 Å². The van der Waals surface area contributed by atoms with E-state index in [1.165, 1.54) is 0 Å². The highest BCUT2D eigenvalue weighted by molar-refractivity contribution is 6.31. The maximum atomic E-state index is 9.01. The Bertz CT molecular complexity index is 273. The van der Waals surface area contributed by atoms with E-state index in [2.05, 4.69) is 6.92 Å². The average Bonchev–Trinajstić information content (AvgIpc) is 2.16. The Labute approximate surface area is 84.4 Å². The van der Waals surface area contributed by atoms with Crippen LogP contribution in [0.5, 0.6) is 0 Å². The van der Waals surface area contributed by atoms with Gasteiger partial charge in [-0.1, -0.05) is 43.6 Å². The van der Waals surface area contributed by atoms with Crippen LogP contribution in [0.15, 0.2) is 24.3 Å². The summed E-state index contributed by atoms with van der Waals surface area (Å²) in [6, 6.07) is 7.79. The molecule has 0 fully saturated rings. The normalized spacial score (nSPS) is 15.4. The van der Waals surface area contributed by atoms with Crippen LogP contribution in [0.2, 0.25) is 5.02 Å². The van der Waals surface area contributed by atoms with Crippen molar-refractivity contribution in [3.63, 3.8) is 0 Å². The van der Waals surface area contributed by atoms with E-state index in [0.29, 0.717) is 5.92 Å². The lowest BCUT2D eigenvalue weighted by Gasteiger charge is -2.18. The number of rotatable bonds is 3. The van der Waals surface area contributed by atoms with E-state index in [0.717, 1.165) is 10.6 Å². The molecule has 1 aromatic carbocycles. The average molecular weight is 199 g/mol. The summed E-state index contributed by atoms with van der Waals surface area (Å²) in [7, 11) is 0. The molecule has 2 atom stereocenters. The van der Waals surface area contributed by atoms with Crippen LogP contribution in [0, 0.1) is 5.92 Å². The lowest BCUT2D eigenvalue weighted by molar-refractivity contribution is 0.220. The number of aliphatic hydroxyl groups excluding tert-OH is 1. The SMILES string of the molecule is CC(CO)C(C)c1ccccc1Cl. The van der Waals surface area contributed by atoms with Crippen LogP contribution in [-0.4, -0.2) is 11.7 Å². The van der Waals surface area contributed by atoms with E-state index < -0.39 is 0 Å². The molecule has 0 aliphatic rings. The van der Waals surface area contributed by atoms with Gasteiger partial charge in [-0.3, -0.25) is 0 Å². The van der Waals surface area contributed by atoms with E-state index in [1.54, 1.807) is 0 Å². The predicted molar refractivity (Wildman–Crippen MR) is 56.1 cm³/mol. The Balaban J connectivity index is 2.88. The molecule has 2 unspecified atom stereocenters. The van der Waals surface area contributed by atoms with Crippen molar-refractivity contribution in [1.29, 1.82) is 0 Å². The van der Waals surface area contributed by atoms with Crippen LogP contribution < -0.4 is 0 Å². The summed E-state index contributed by atoms with van der Waals surface area (Å²) >= 11 is 6.04. The predicted octanol–water partition coefficient (Wildman–Crippen LogP) is 3.07. The first-order valence-electron chi connectivity index (χ1n) is 4.52. The van der Waals surface area contributed by atoms with Crippen molar-refractivity contribution >= 4 is 11.6 Å². The first kappa shape index (κ1) is 10.6. The van der Waals surface area contributed by atoms with Crippen molar-refractivity contribution in [2.24, 2.45) is 5.92 Å². The highest BCUT2D eigenvalue weighted by atomic mass is 35.5. The molecule has 0 aliphatic carbocycles. The molecule has 0 radical (unpaired) electrons. The maximum Gasteiger partial charge on any atom is 0.0462 e. The zero-order valence-corrected chi connectivity index (χ0v) is 8.75. The summed E-state index contributed by atoms with van der Waals surface area (Å²) in [5.41, 5.74) is 1.12. The summed E-state index contributed by atoms with van der Waals surface area (Å²) in [5, 5.41) is 9.80. The molecule has 0 amide bonds. The second-order valence-corrected chi connectivity index (χ2v) is 3.88. The third kappa shape index (κ3) is 2.45. The summed E-state index contributed by atoms with van der Waals surface area (Å²) in [6.07, 6.45) is 0. The van der Waals surface area contributed by atoms with Crippen LogP contribution in [0.4, 0.5) is 0 Å². The molecule has 0 saturated carbocycles. The first-order chi connectivity index (χ1) is 6.16. The molecule has 0 aromatic heterocycles. The number of hydrogen-bond acceptors (Lipinski definition) is 1. The van der Waals surface area contributed by atoms with Crippen LogP contribution in [-0.2, 0) is 0 Å². The quantitative estimate of drug-likeness (QED) is 0.792. The van der Waals surface area contributed by atoms with Gasteiger partial charge in [-0.2, -0.15) is 0 Å². The largest absolute Gasteiger partial charge is 0.396 e. The first-order valence-corrected chi connectivity index (χ1v) is 4.90. The Morgan fingerprint density at radius 2 is 1.92 bits per heavy atom. The molecular formula is C11H15ClO. The molecule has 2 heteroatoms. The second-order valence-electron chi connectivity index (χ2n) is 3.47. The highest BCUT2D eigenvalue weighted by Gasteiger charge is 2.15. The molecule has 0 bridgehead atoms. The minimum absolute atomic E-state index is 0.201. The molecule has 1 rings (SSSR count). The highest BCUT2D eigenvalue weighted by Crippen LogP contribution is 2.29. The molecule has 0 aliphatic heterocycles. The van der Waals surface area contributed by atoms with Crippen molar-refractivity contribution in [2.75, 3.05) is 6.61 Å². The van der Waals surface area contributed by atoms with Gasteiger partial charge >= 0.3 is 0 Å². The number of halogens is 1. The molecule has 0 heterocycles. The van der Waals surface area contributed by atoms with Crippen molar-refractivity contribution in [2.45, 2.75) is 19.8 Å². The van der Waals surface area contributed by atoms with Crippen LogP contribution >= 0.6 is 11.6 Å². The lowest BCUT2D eigenvalue weighted by atomic mass is 9.89. The van der Waals surface area contributed by atoms with E-state index >= 15 is 0 Å². The molecule has 1 aromatic rings. The molecule has 72 valence electrons. The van der Waals surface area contributed by atoms with E-state index in [1.807, 2.05) is 31.2 Å². The molecule has 13 heavy (non-hydrogen) atoms. The van der Waals surface area contributed by atoms with Gasteiger partial charge in [-0.25, -0.2) is 0 Å². The molecular weight excluding hydrogens is 184 g/mol. The van der Waals surface area contributed by atoms with Gasteiger partial charge in [0.25, 0.3) is 0 Å². The fraction of sp³-hybridized carbons (Fsp3) is 0.455. The molecule has 1 N–H and O–H groups in total. The Morgan fingerprint density at radius 3 is 2.46 bits per heavy atom. The molecule has 0 spiro atoms. The van der Waals surface area contributed by atoms with Crippen LogP contribution in [0.25, 0.3) is 0 Å². The Kier molecular flexibility index (Phi) is 3.76. The fourth-order valence-corrected chi connectivity index (χ4v) is 1.62. The van der Waals surface area contributed by atoms with Gasteiger partial charge in [0.2, 0.25) is 0 Å². The third-order valence-electron chi connectivity index (χ3n) is 2.54. The number of hydrogen-bond donors (Lipinski definition) is 1. The van der Waals surface area contributed by atoms with Gasteiger partial charge < -0.3 is 5.11 Å². The zero-order valence-electron chi connectivity index (χ0n) is 8.00. The van der Waals surface area contributed by atoms with Crippen molar-refractivity contribution in [3.8, 4) is 0 Å². The smallest absolute Gasteiger partial charge is 0.0462 e. The summed E-state index contributed by atoms with van der Waals surface area (Å²) in [5.74, 6) is 0.554. The van der Waals surface area contributed by atoms with Gasteiger partial charge in [0.05, 0.1) is 0 Å². The van der Waals surface area contributed by atoms with E-state index in [-0.39, 0.29) is 12.5 Å². The summed E-state index contributed by atoms with van der Waals surface area (Å²) in [6.45, 7) is 4.31. The van der Waals surface area contributed by atoms with Crippen molar-refractivity contribution < 1.29 is 5.11 Å². The maximum absolute atomic E-state index is 9.01. The fourth-order valence-electron chi connectivity index (χ4n) is 1.31. The summed E-state index contributed by atoms with van der Waals surface area (Å²) in [4.78, 5) is 0. The third-order valence-corrected chi connectivity index (χ3v) is 2.88. The van der Waals surface area contributed by atoms with Crippen molar-refractivity contribution in [1.82, 2.24) is 0 Å². The molecule has 1 nitrogen and oxygen atoms in total. The number of aliphatic hydroxyl groups is 1. The van der Waals surface area contributed by atoms with Gasteiger partial charge in [0.15, 0.2) is 0 Å². The van der Waals surface area contributed by atoms with E-state index in [9.17, 15) is 0 Å². The van der Waals surface area contributed by atoms with E-state index in [4.69, 9.17) is 16.7 Å². The molecule has 0 saturated heterocycles. The monoisotopic (exact) mass is 198 g/mol. The standard InChI is InChI=1S/C11H15ClO/c1-8(7-13)9(2)10-5-3-4-6-11(10)12/h3-6,8-9,13H,7H2,1-2H3. The Hall–Kier alpha value is -0.530. The second kappa shape index (κ2) is 4.64. The topological polar surface area (TPSA) is 20.2 Å². The lowest BCUT2D eigenvalue weighted by Crippen LogP contribution is -2.10. The van der Waals surface area contributed by atoms with Gasteiger partial charge in [-0.15, -0.1) is 0 Å². The Morgan fingerprint density at radius 1 is 1.31 bits per heavy atom. The van der Waals surface area contributed by atoms with Crippen LogP contribution in [0.3, 0.4) is 0 Å². The van der Waals surface area contributed by atoms with Gasteiger partial charge in [-0.05, 0) is 23.5 Å². The zero-order chi connectivity index (χ0) is 9.84. The van der Waals surface area contributed by atoms with Crippen molar-refractivity contribution in [3.05, 3.63) is 34.9 Å². The van der Waals surface area contributed by atoms with Gasteiger partial charge in [0, 0.05) is 11.6 Å². The number of benzene rings is 1. The minimum atomic E-state index is 0.201. The van der Waals surface area contributed by atoms with Gasteiger partial charge in [0.1, 0.15) is 0 Å². The summed E-state index contributed by atoms with van der Waals surface area (Å²) < 4.78 is 0. The minimum Gasteiger partial charge on any atom is -0.396 e.